The molecule has 2 rings (SSSR count). The molecule has 0 aliphatic carbocycles. The van der Waals surface area contributed by atoms with Crippen LogP contribution in [0.5, 0.6) is 5.75 Å². The van der Waals surface area contributed by atoms with Crippen LogP contribution in [-0.2, 0) is 15.8 Å². The second kappa shape index (κ2) is 8.05. The molecule has 136 valence electrons. The number of anilines is 1. The Hall–Kier alpha value is -2.80. The molecule has 0 bridgehead atoms. The molecule has 0 spiro atoms. The number of rotatable bonds is 4. The highest BCUT2D eigenvalue weighted by molar-refractivity contribution is 6.32. The van der Waals surface area contributed by atoms with Gasteiger partial charge in [0, 0.05) is 23.7 Å². The van der Waals surface area contributed by atoms with Crippen molar-refractivity contribution in [3.8, 4) is 5.75 Å². The summed E-state index contributed by atoms with van der Waals surface area (Å²) in [5.74, 6) is -0.815. The first-order valence-electron chi connectivity index (χ1n) is 7.29. The van der Waals surface area contributed by atoms with Gasteiger partial charge in [0.15, 0.2) is 0 Å². The summed E-state index contributed by atoms with van der Waals surface area (Å²) in [7, 11) is 0. The van der Waals surface area contributed by atoms with Gasteiger partial charge in [-0.2, -0.15) is 13.2 Å². The molecule has 26 heavy (non-hydrogen) atoms. The third-order valence-electron chi connectivity index (χ3n) is 3.12. The van der Waals surface area contributed by atoms with Crippen LogP contribution in [0.1, 0.15) is 18.1 Å². The molecule has 0 fully saturated rings. The number of nitrogens with one attached hydrogen (secondary N) is 1. The minimum Gasteiger partial charge on any atom is -0.423 e. The lowest BCUT2D eigenvalue weighted by Crippen LogP contribution is -2.06. The molecular weight excluding hydrogens is 371 g/mol. The van der Waals surface area contributed by atoms with Gasteiger partial charge in [0.1, 0.15) is 5.75 Å². The van der Waals surface area contributed by atoms with Crippen molar-refractivity contribution in [3.05, 3.63) is 64.7 Å². The average Bonchev–Trinajstić information content (AvgIpc) is 2.54. The lowest BCUT2D eigenvalue weighted by Gasteiger charge is -2.08. The fraction of sp³-hybridized carbons (Fsp3) is 0.111. The summed E-state index contributed by atoms with van der Waals surface area (Å²) in [5, 5.41) is 2.63. The van der Waals surface area contributed by atoms with Gasteiger partial charge in [0.2, 0.25) is 5.91 Å². The summed E-state index contributed by atoms with van der Waals surface area (Å²) in [5.41, 5.74) is -0.300. The second-order valence-corrected chi connectivity index (χ2v) is 5.60. The quantitative estimate of drug-likeness (QED) is 0.462. The number of alkyl halides is 3. The minimum atomic E-state index is -4.51. The molecular formula is C18H13ClF3NO3. The lowest BCUT2D eigenvalue weighted by atomic mass is 10.1. The van der Waals surface area contributed by atoms with Crippen molar-refractivity contribution in [1.82, 2.24) is 0 Å². The van der Waals surface area contributed by atoms with E-state index < -0.39 is 17.7 Å². The molecule has 0 saturated heterocycles. The normalized spacial score (nSPS) is 11.4. The van der Waals surface area contributed by atoms with Crippen molar-refractivity contribution in [2.75, 3.05) is 5.32 Å². The SMILES string of the molecule is CC(=O)Nc1ccc(OC(=O)/C=C/c2cc(C(F)(F)F)ccc2Cl)cc1. The Morgan fingerprint density at radius 2 is 1.77 bits per heavy atom. The molecule has 1 amide bonds. The summed E-state index contributed by atoms with van der Waals surface area (Å²) in [6.45, 7) is 1.36. The van der Waals surface area contributed by atoms with Crippen LogP contribution in [0, 0.1) is 0 Å². The molecule has 0 unspecified atom stereocenters. The number of ether oxygens (including phenoxy) is 1. The fourth-order valence-electron chi connectivity index (χ4n) is 1.97. The zero-order valence-electron chi connectivity index (χ0n) is 13.4. The van der Waals surface area contributed by atoms with E-state index in [2.05, 4.69) is 5.32 Å². The number of carbonyl (C=O) groups excluding carboxylic acids is 2. The van der Waals surface area contributed by atoms with E-state index in [0.29, 0.717) is 5.69 Å². The molecule has 0 radical (unpaired) electrons. The van der Waals surface area contributed by atoms with Crippen LogP contribution in [0.3, 0.4) is 0 Å². The van der Waals surface area contributed by atoms with Gasteiger partial charge in [0.05, 0.1) is 5.56 Å². The predicted molar refractivity (Wildman–Crippen MR) is 91.9 cm³/mol. The molecule has 0 saturated carbocycles. The van der Waals surface area contributed by atoms with Gasteiger partial charge in [-0.15, -0.1) is 0 Å². The van der Waals surface area contributed by atoms with E-state index in [-0.39, 0.29) is 22.2 Å². The first-order valence-corrected chi connectivity index (χ1v) is 7.67. The third-order valence-corrected chi connectivity index (χ3v) is 3.46. The van der Waals surface area contributed by atoms with Crippen LogP contribution in [-0.4, -0.2) is 11.9 Å². The van der Waals surface area contributed by atoms with Crippen molar-refractivity contribution in [1.29, 1.82) is 0 Å². The van der Waals surface area contributed by atoms with E-state index in [1.54, 1.807) is 0 Å². The second-order valence-electron chi connectivity index (χ2n) is 5.19. The van der Waals surface area contributed by atoms with Gasteiger partial charge in [-0.05, 0) is 54.1 Å². The van der Waals surface area contributed by atoms with E-state index in [1.165, 1.54) is 31.2 Å². The number of halogens is 4. The summed E-state index contributed by atoms with van der Waals surface area (Å²) < 4.78 is 43.2. The van der Waals surface area contributed by atoms with Crippen molar-refractivity contribution in [2.45, 2.75) is 13.1 Å². The highest BCUT2D eigenvalue weighted by atomic mass is 35.5. The van der Waals surface area contributed by atoms with Crippen molar-refractivity contribution in [2.24, 2.45) is 0 Å². The summed E-state index contributed by atoms with van der Waals surface area (Å²) >= 11 is 5.84. The zero-order valence-corrected chi connectivity index (χ0v) is 14.2. The van der Waals surface area contributed by atoms with Crippen LogP contribution in [0.25, 0.3) is 6.08 Å². The smallest absolute Gasteiger partial charge is 0.416 e. The molecule has 0 aliphatic heterocycles. The largest absolute Gasteiger partial charge is 0.423 e. The molecule has 2 aromatic carbocycles. The van der Waals surface area contributed by atoms with Gasteiger partial charge < -0.3 is 10.1 Å². The standard InChI is InChI=1S/C18H13ClF3NO3/c1-11(24)23-14-4-6-15(7-5-14)26-17(25)9-2-12-10-13(18(20,21)22)3-8-16(12)19/h2-10H,1H3,(H,23,24)/b9-2+. The molecule has 0 aromatic heterocycles. The van der Waals surface area contributed by atoms with Gasteiger partial charge >= 0.3 is 12.1 Å². The van der Waals surface area contributed by atoms with Crippen LogP contribution < -0.4 is 10.1 Å². The highest BCUT2D eigenvalue weighted by Gasteiger charge is 2.30. The average molecular weight is 384 g/mol. The van der Waals surface area contributed by atoms with Gasteiger partial charge in [-0.3, -0.25) is 4.79 Å². The summed E-state index contributed by atoms with van der Waals surface area (Å²) in [6.07, 6.45) is -2.39. The van der Waals surface area contributed by atoms with Gasteiger partial charge in [-0.25, -0.2) is 4.79 Å². The highest BCUT2D eigenvalue weighted by Crippen LogP contribution is 2.32. The number of hydrogen-bond acceptors (Lipinski definition) is 3. The Morgan fingerprint density at radius 1 is 1.12 bits per heavy atom. The van der Waals surface area contributed by atoms with Crippen LogP contribution in [0.4, 0.5) is 18.9 Å². The van der Waals surface area contributed by atoms with E-state index in [9.17, 15) is 22.8 Å². The number of benzene rings is 2. The summed E-state index contributed by atoms with van der Waals surface area (Å²) in [4.78, 5) is 22.7. The Morgan fingerprint density at radius 3 is 2.35 bits per heavy atom. The molecule has 2 aromatic rings. The number of hydrogen-bond donors (Lipinski definition) is 1. The van der Waals surface area contributed by atoms with Gasteiger partial charge in [-0.1, -0.05) is 11.6 Å². The van der Waals surface area contributed by atoms with Crippen LogP contribution in [0.15, 0.2) is 48.5 Å². The first kappa shape index (κ1) is 19.5. The van der Waals surface area contributed by atoms with E-state index in [1.807, 2.05) is 0 Å². The molecule has 0 heterocycles. The Kier molecular flexibility index (Phi) is 6.05. The van der Waals surface area contributed by atoms with Crippen molar-refractivity contribution >= 4 is 35.2 Å². The monoisotopic (exact) mass is 383 g/mol. The topological polar surface area (TPSA) is 55.4 Å². The maximum atomic E-state index is 12.7. The van der Waals surface area contributed by atoms with E-state index in [0.717, 1.165) is 30.4 Å². The molecule has 0 atom stereocenters. The van der Waals surface area contributed by atoms with E-state index >= 15 is 0 Å². The molecule has 1 N–H and O–H groups in total. The van der Waals surface area contributed by atoms with Crippen LogP contribution >= 0.6 is 11.6 Å². The maximum absolute atomic E-state index is 12.7. The van der Waals surface area contributed by atoms with Crippen molar-refractivity contribution in [3.63, 3.8) is 0 Å². The number of esters is 1. The first-order chi connectivity index (χ1) is 12.1. The Balaban J connectivity index is 2.06. The van der Waals surface area contributed by atoms with Gasteiger partial charge in [0.25, 0.3) is 0 Å². The van der Waals surface area contributed by atoms with Crippen molar-refractivity contribution < 1.29 is 27.5 Å². The fourth-order valence-corrected chi connectivity index (χ4v) is 2.15. The Labute approximate surface area is 152 Å². The predicted octanol–water partition coefficient (Wildman–Crippen LogP) is 4.94. The maximum Gasteiger partial charge on any atom is 0.416 e. The number of carbonyl (C=O) groups is 2. The third kappa shape index (κ3) is 5.63. The lowest BCUT2D eigenvalue weighted by molar-refractivity contribution is -0.137. The Bertz CT molecular complexity index is 846. The zero-order chi connectivity index (χ0) is 19.3. The van der Waals surface area contributed by atoms with E-state index in [4.69, 9.17) is 16.3 Å². The summed E-state index contributed by atoms with van der Waals surface area (Å²) in [6, 6.07) is 8.82. The minimum absolute atomic E-state index is 0.0412. The number of amides is 1. The molecule has 0 aliphatic rings. The van der Waals surface area contributed by atoms with Crippen LogP contribution in [0.2, 0.25) is 5.02 Å². The molecule has 4 nitrogen and oxygen atoms in total. The molecule has 8 heteroatoms.